The Bertz CT molecular complexity index is 902. The Morgan fingerprint density at radius 3 is 2.79 bits per heavy atom. The van der Waals surface area contributed by atoms with Gasteiger partial charge in [0.1, 0.15) is 11.3 Å². The number of nitrogens with one attached hydrogen (secondary N) is 1. The van der Waals surface area contributed by atoms with E-state index in [1.54, 1.807) is 26.2 Å². The van der Waals surface area contributed by atoms with Gasteiger partial charge in [0.15, 0.2) is 6.61 Å². The summed E-state index contributed by atoms with van der Waals surface area (Å²) in [5.41, 5.74) is 1.26. The summed E-state index contributed by atoms with van der Waals surface area (Å²) in [5.74, 6) is 2.03. The van der Waals surface area contributed by atoms with Crippen molar-refractivity contribution in [1.29, 1.82) is 0 Å². The third-order valence-electron chi connectivity index (χ3n) is 6.49. The standard InChI is InChI=1S/C22H27NO5/c1-12-17-10-16(26-3)6-7-19(17)28-21(12)22(25)27-11-20(24)23-13(2)18-9-14-4-5-15(18)8-14/h6-7,10,13-15,18H,4-5,8-9,11H2,1-3H3,(H,23,24)/t13-,14-,15-,18+/m1/s1. The van der Waals surface area contributed by atoms with E-state index in [1.165, 1.54) is 25.7 Å². The van der Waals surface area contributed by atoms with Gasteiger partial charge in [0.2, 0.25) is 5.76 Å². The predicted octanol–water partition coefficient (Wildman–Crippen LogP) is 3.85. The minimum absolute atomic E-state index is 0.113. The van der Waals surface area contributed by atoms with Crippen molar-refractivity contribution in [2.75, 3.05) is 13.7 Å². The van der Waals surface area contributed by atoms with Crippen LogP contribution >= 0.6 is 0 Å². The molecule has 0 radical (unpaired) electrons. The zero-order chi connectivity index (χ0) is 19.8. The lowest BCUT2D eigenvalue weighted by atomic mass is 9.84. The van der Waals surface area contributed by atoms with E-state index in [1.807, 2.05) is 6.07 Å². The van der Waals surface area contributed by atoms with Gasteiger partial charge in [0, 0.05) is 17.0 Å². The molecule has 6 heteroatoms. The molecule has 150 valence electrons. The third kappa shape index (κ3) is 3.48. The molecule has 1 N–H and O–H groups in total. The zero-order valence-corrected chi connectivity index (χ0v) is 16.6. The summed E-state index contributed by atoms with van der Waals surface area (Å²) in [6.45, 7) is 3.55. The number of furan rings is 1. The van der Waals surface area contributed by atoms with Crippen LogP contribution in [-0.2, 0) is 9.53 Å². The molecule has 2 aliphatic rings. The Labute approximate surface area is 164 Å². The maximum atomic E-state index is 12.4. The second-order valence-corrected chi connectivity index (χ2v) is 8.19. The molecule has 2 saturated carbocycles. The van der Waals surface area contributed by atoms with Crippen LogP contribution in [0.5, 0.6) is 5.75 Å². The van der Waals surface area contributed by atoms with Crippen LogP contribution in [0.25, 0.3) is 11.0 Å². The van der Waals surface area contributed by atoms with Crippen LogP contribution in [0.2, 0.25) is 0 Å². The minimum Gasteiger partial charge on any atom is -0.497 e. The zero-order valence-electron chi connectivity index (χ0n) is 16.6. The second-order valence-electron chi connectivity index (χ2n) is 8.19. The first-order valence-electron chi connectivity index (χ1n) is 10.00. The Balaban J connectivity index is 1.34. The van der Waals surface area contributed by atoms with Crippen molar-refractivity contribution in [3.8, 4) is 5.75 Å². The van der Waals surface area contributed by atoms with Crippen molar-refractivity contribution >= 4 is 22.8 Å². The van der Waals surface area contributed by atoms with Gasteiger partial charge in [0.25, 0.3) is 5.91 Å². The molecule has 28 heavy (non-hydrogen) atoms. The van der Waals surface area contributed by atoms with Crippen LogP contribution in [0.4, 0.5) is 0 Å². The van der Waals surface area contributed by atoms with Crippen molar-refractivity contribution in [2.24, 2.45) is 17.8 Å². The van der Waals surface area contributed by atoms with E-state index in [4.69, 9.17) is 13.9 Å². The molecule has 2 fully saturated rings. The van der Waals surface area contributed by atoms with Crippen LogP contribution in [0.1, 0.15) is 48.7 Å². The number of hydrogen-bond donors (Lipinski definition) is 1. The lowest BCUT2D eigenvalue weighted by Gasteiger charge is -2.28. The van der Waals surface area contributed by atoms with E-state index in [2.05, 4.69) is 12.2 Å². The predicted molar refractivity (Wildman–Crippen MR) is 104 cm³/mol. The molecular weight excluding hydrogens is 358 g/mol. The van der Waals surface area contributed by atoms with Crippen LogP contribution in [0.15, 0.2) is 22.6 Å². The van der Waals surface area contributed by atoms with E-state index >= 15 is 0 Å². The molecule has 0 spiro atoms. The summed E-state index contributed by atoms with van der Waals surface area (Å²) >= 11 is 0. The number of carbonyl (C=O) groups excluding carboxylic acids is 2. The summed E-state index contributed by atoms with van der Waals surface area (Å²) in [7, 11) is 1.59. The molecule has 1 aromatic heterocycles. The topological polar surface area (TPSA) is 77.8 Å². The Hall–Kier alpha value is -2.50. The molecule has 2 aliphatic carbocycles. The Kier molecular flexibility index (Phi) is 5.04. The molecule has 1 amide bonds. The number of benzene rings is 1. The molecule has 0 unspecified atom stereocenters. The second kappa shape index (κ2) is 7.49. The van der Waals surface area contributed by atoms with Gasteiger partial charge in [-0.3, -0.25) is 4.79 Å². The summed E-state index contributed by atoms with van der Waals surface area (Å²) < 4.78 is 16.0. The first-order valence-corrected chi connectivity index (χ1v) is 10.00. The van der Waals surface area contributed by atoms with Gasteiger partial charge in [-0.25, -0.2) is 4.79 Å². The summed E-state index contributed by atoms with van der Waals surface area (Å²) in [6.07, 6.45) is 5.12. The average Bonchev–Trinajstić information content (AvgIpc) is 3.40. The molecule has 0 aliphatic heterocycles. The average molecular weight is 385 g/mol. The SMILES string of the molecule is COc1ccc2oc(C(=O)OCC(=O)N[C@H](C)[C@@H]3C[C@@H]4CC[C@@H]3C4)c(C)c2c1. The molecule has 2 bridgehead atoms. The Morgan fingerprint density at radius 1 is 1.29 bits per heavy atom. The lowest BCUT2D eigenvalue weighted by Crippen LogP contribution is -2.42. The monoisotopic (exact) mass is 385 g/mol. The Morgan fingerprint density at radius 2 is 2.11 bits per heavy atom. The number of fused-ring (bicyclic) bond motifs is 3. The van der Waals surface area contributed by atoms with Gasteiger partial charge >= 0.3 is 5.97 Å². The summed E-state index contributed by atoms with van der Waals surface area (Å²) in [4.78, 5) is 24.7. The maximum Gasteiger partial charge on any atom is 0.375 e. The number of ether oxygens (including phenoxy) is 2. The number of methoxy groups -OCH3 is 1. The highest BCUT2D eigenvalue weighted by atomic mass is 16.5. The normalized spacial score (nSPS) is 24.3. The van der Waals surface area contributed by atoms with Crippen LogP contribution in [0, 0.1) is 24.7 Å². The minimum atomic E-state index is -0.629. The number of amides is 1. The largest absolute Gasteiger partial charge is 0.497 e. The van der Waals surface area contributed by atoms with Gasteiger partial charge in [-0.1, -0.05) is 6.42 Å². The van der Waals surface area contributed by atoms with Gasteiger partial charge < -0.3 is 19.2 Å². The highest BCUT2D eigenvalue weighted by molar-refractivity contribution is 5.97. The van der Waals surface area contributed by atoms with E-state index in [0.29, 0.717) is 22.8 Å². The van der Waals surface area contributed by atoms with Crippen molar-refractivity contribution in [3.05, 3.63) is 29.5 Å². The smallest absolute Gasteiger partial charge is 0.375 e. The van der Waals surface area contributed by atoms with Crippen molar-refractivity contribution < 1.29 is 23.5 Å². The molecule has 2 aromatic rings. The van der Waals surface area contributed by atoms with E-state index in [-0.39, 0.29) is 24.3 Å². The fourth-order valence-corrected chi connectivity index (χ4v) is 5.03. The van der Waals surface area contributed by atoms with E-state index < -0.39 is 5.97 Å². The molecule has 1 heterocycles. The fourth-order valence-electron chi connectivity index (χ4n) is 5.03. The van der Waals surface area contributed by atoms with Gasteiger partial charge in [-0.15, -0.1) is 0 Å². The van der Waals surface area contributed by atoms with E-state index in [0.717, 1.165) is 17.2 Å². The number of carbonyl (C=O) groups is 2. The highest BCUT2D eigenvalue weighted by Crippen LogP contribution is 2.49. The van der Waals surface area contributed by atoms with E-state index in [9.17, 15) is 9.59 Å². The third-order valence-corrected chi connectivity index (χ3v) is 6.49. The molecule has 4 rings (SSSR count). The molecule has 0 saturated heterocycles. The molecule has 4 atom stereocenters. The number of aryl methyl sites for hydroxylation is 1. The number of esters is 1. The van der Waals surface area contributed by atoms with Crippen LogP contribution in [0.3, 0.4) is 0 Å². The molecule has 6 nitrogen and oxygen atoms in total. The lowest BCUT2D eigenvalue weighted by molar-refractivity contribution is -0.125. The highest BCUT2D eigenvalue weighted by Gasteiger charge is 2.42. The van der Waals surface area contributed by atoms with Crippen molar-refractivity contribution in [3.63, 3.8) is 0 Å². The van der Waals surface area contributed by atoms with Gasteiger partial charge in [-0.2, -0.15) is 0 Å². The van der Waals surface area contributed by atoms with Crippen LogP contribution < -0.4 is 10.1 Å². The van der Waals surface area contributed by atoms with Gasteiger partial charge in [0.05, 0.1) is 7.11 Å². The van der Waals surface area contributed by atoms with Gasteiger partial charge in [-0.05, 0) is 69.1 Å². The maximum absolute atomic E-state index is 12.4. The molecular formula is C22H27NO5. The molecule has 1 aromatic carbocycles. The summed E-state index contributed by atoms with van der Waals surface area (Å²) in [6, 6.07) is 5.45. The van der Waals surface area contributed by atoms with Crippen molar-refractivity contribution in [2.45, 2.75) is 45.6 Å². The summed E-state index contributed by atoms with van der Waals surface area (Å²) in [5, 5.41) is 3.80. The van der Waals surface area contributed by atoms with Crippen LogP contribution in [-0.4, -0.2) is 31.6 Å². The van der Waals surface area contributed by atoms with Crippen molar-refractivity contribution in [1.82, 2.24) is 5.32 Å². The quantitative estimate of drug-likeness (QED) is 0.764. The fraction of sp³-hybridized carbons (Fsp3) is 0.545. The number of hydrogen-bond acceptors (Lipinski definition) is 5. The number of rotatable bonds is 6. The first-order chi connectivity index (χ1) is 13.5. The first kappa shape index (κ1) is 18.8.